The standard InChI is InChI=1S/C27H33NO8/c1-27(2,3)36-26(29)28-14-18-11-22(31-5)21(30-4)9-16(18)8-20(28)19-13-24-23(34-15-35-24)10-17(19)12-25(32-6)33-7/h8-11,13,25H,12,14-15H2,1-7H3. The molecule has 0 saturated carbocycles. The molecular formula is C27H33NO8. The Morgan fingerprint density at radius 1 is 0.972 bits per heavy atom. The second kappa shape index (κ2) is 10.3. The number of methoxy groups -OCH3 is 4. The van der Waals surface area contributed by atoms with Crippen molar-refractivity contribution >= 4 is 17.9 Å². The van der Waals surface area contributed by atoms with E-state index in [1.54, 1.807) is 33.3 Å². The van der Waals surface area contributed by atoms with Gasteiger partial charge in [0.15, 0.2) is 29.3 Å². The molecule has 0 spiro atoms. The van der Waals surface area contributed by atoms with Gasteiger partial charge < -0.3 is 33.2 Å². The van der Waals surface area contributed by atoms with E-state index >= 15 is 0 Å². The highest BCUT2D eigenvalue weighted by molar-refractivity contribution is 5.93. The van der Waals surface area contributed by atoms with Crippen molar-refractivity contribution < 1.29 is 38.0 Å². The Hall–Kier alpha value is -3.43. The minimum atomic E-state index is -0.672. The Morgan fingerprint density at radius 3 is 2.22 bits per heavy atom. The third-order valence-corrected chi connectivity index (χ3v) is 5.96. The fourth-order valence-corrected chi connectivity index (χ4v) is 4.23. The Kier molecular flexibility index (Phi) is 7.33. The number of carbonyl (C=O) groups is 1. The van der Waals surface area contributed by atoms with Gasteiger partial charge in [0.25, 0.3) is 0 Å². The summed E-state index contributed by atoms with van der Waals surface area (Å²) in [6.07, 6.45) is 1.42. The van der Waals surface area contributed by atoms with Crippen molar-refractivity contribution in [3.63, 3.8) is 0 Å². The molecule has 0 aromatic heterocycles. The topological polar surface area (TPSA) is 84.9 Å². The van der Waals surface area contributed by atoms with E-state index in [1.807, 2.05) is 51.1 Å². The van der Waals surface area contributed by atoms with Gasteiger partial charge in [-0.15, -0.1) is 0 Å². The normalized spacial score (nSPS) is 14.4. The lowest BCUT2D eigenvalue weighted by Gasteiger charge is -2.33. The fraction of sp³-hybridized carbons (Fsp3) is 0.444. The van der Waals surface area contributed by atoms with Crippen molar-refractivity contribution in [1.29, 1.82) is 0 Å². The van der Waals surface area contributed by atoms with Crippen molar-refractivity contribution in [2.45, 2.75) is 45.6 Å². The molecule has 36 heavy (non-hydrogen) atoms. The fourth-order valence-electron chi connectivity index (χ4n) is 4.23. The van der Waals surface area contributed by atoms with Crippen LogP contribution < -0.4 is 18.9 Å². The summed E-state index contributed by atoms with van der Waals surface area (Å²) in [6.45, 7) is 5.93. The van der Waals surface area contributed by atoms with Gasteiger partial charge in [0, 0.05) is 26.2 Å². The zero-order chi connectivity index (χ0) is 26.0. The molecule has 0 bridgehead atoms. The van der Waals surface area contributed by atoms with Crippen LogP contribution in [-0.2, 0) is 27.2 Å². The first-order valence-electron chi connectivity index (χ1n) is 11.6. The molecule has 2 heterocycles. The number of hydrogen-bond acceptors (Lipinski definition) is 8. The Labute approximate surface area is 211 Å². The molecular weight excluding hydrogens is 466 g/mol. The molecule has 0 atom stereocenters. The molecule has 0 radical (unpaired) electrons. The van der Waals surface area contributed by atoms with E-state index in [9.17, 15) is 4.79 Å². The average molecular weight is 500 g/mol. The van der Waals surface area contributed by atoms with Crippen LogP contribution in [0.5, 0.6) is 23.0 Å². The summed E-state index contributed by atoms with van der Waals surface area (Å²) in [5.41, 5.74) is 3.44. The second-order valence-electron chi connectivity index (χ2n) is 9.47. The van der Waals surface area contributed by atoms with Crippen LogP contribution in [-0.4, -0.2) is 58.1 Å². The van der Waals surface area contributed by atoms with Gasteiger partial charge in [-0.1, -0.05) is 0 Å². The summed E-state index contributed by atoms with van der Waals surface area (Å²) in [7, 11) is 6.35. The molecule has 0 unspecified atom stereocenters. The molecule has 2 aliphatic rings. The zero-order valence-corrected chi connectivity index (χ0v) is 21.8. The monoisotopic (exact) mass is 499 g/mol. The van der Waals surface area contributed by atoms with Crippen LogP contribution in [0.2, 0.25) is 0 Å². The molecule has 1 amide bonds. The predicted octanol–water partition coefficient (Wildman–Crippen LogP) is 4.84. The SMILES string of the molecule is COc1cc2c(cc1OC)CN(C(=O)OC(C)(C)C)C(c1cc3c(cc1CC(OC)OC)OCO3)=C2. The second-order valence-corrected chi connectivity index (χ2v) is 9.47. The highest BCUT2D eigenvalue weighted by Gasteiger charge is 2.32. The lowest BCUT2D eigenvalue weighted by Crippen LogP contribution is -2.37. The largest absolute Gasteiger partial charge is 0.493 e. The number of carbonyl (C=O) groups excluding carboxylic acids is 1. The first-order chi connectivity index (χ1) is 17.2. The van der Waals surface area contributed by atoms with Crippen molar-refractivity contribution in [3.05, 3.63) is 46.5 Å². The van der Waals surface area contributed by atoms with Crippen molar-refractivity contribution in [2.75, 3.05) is 35.2 Å². The van der Waals surface area contributed by atoms with Crippen LogP contribution in [0, 0.1) is 0 Å². The van der Waals surface area contributed by atoms with Crippen molar-refractivity contribution in [1.82, 2.24) is 4.90 Å². The van der Waals surface area contributed by atoms with Crippen molar-refractivity contribution in [2.24, 2.45) is 0 Å². The van der Waals surface area contributed by atoms with E-state index in [-0.39, 0.29) is 13.3 Å². The Morgan fingerprint density at radius 2 is 1.61 bits per heavy atom. The number of fused-ring (bicyclic) bond motifs is 2. The van der Waals surface area contributed by atoms with E-state index in [0.717, 1.165) is 22.3 Å². The molecule has 9 nitrogen and oxygen atoms in total. The average Bonchev–Trinajstić information content (AvgIpc) is 3.31. The number of rotatable bonds is 7. The van der Waals surface area contributed by atoms with Crippen molar-refractivity contribution in [3.8, 4) is 23.0 Å². The van der Waals surface area contributed by atoms with Gasteiger partial charge >= 0.3 is 6.09 Å². The third-order valence-electron chi connectivity index (χ3n) is 5.96. The summed E-state index contributed by atoms with van der Waals surface area (Å²) >= 11 is 0. The van der Waals surface area contributed by atoms with Gasteiger partial charge in [-0.2, -0.15) is 0 Å². The van der Waals surface area contributed by atoms with Crippen LogP contribution in [0.25, 0.3) is 11.8 Å². The smallest absolute Gasteiger partial charge is 0.415 e. The zero-order valence-electron chi connectivity index (χ0n) is 21.8. The summed E-state index contributed by atoms with van der Waals surface area (Å²) in [5.74, 6) is 2.42. The van der Waals surface area contributed by atoms with E-state index in [2.05, 4.69) is 0 Å². The van der Waals surface area contributed by atoms with E-state index in [4.69, 9.17) is 33.2 Å². The Bertz CT molecular complexity index is 1160. The minimum absolute atomic E-state index is 0.130. The lowest BCUT2D eigenvalue weighted by atomic mass is 9.93. The summed E-state index contributed by atoms with van der Waals surface area (Å²) < 4.78 is 39.0. The molecule has 0 N–H and O–H groups in total. The molecule has 2 aromatic rings. The van der Waals surface area contributed by atoms with E-state index < -0.39 is 18.0 Å². The number of benzene rings is 2. The minimum Gasteiger partial charge on any atom is -0.493 e. The van der Waals surface area contributed by atoms with Gasteiger partial charge in [-0.25, -0.2) is 4.79 Å². The number of amides is 1. The molecule has 2 aromatic carbocycles. The number of ether oxygens (including phenoxy) is 7. The first kappa shape index (κ1) is 25.7. The predicted molar refractivity (Wildman–Crippen MR) is 133 cm³/mol. The first-order valence-corrected chi connectivity index (χ1v) is 11.6. The highest BCUT2D eigenvalue weighted by atomic mass is 16.7. The quantitative estimate of drug-likeness (QED) is 0.500. The van der Waals surface area contributed by atoms with Gasteiger partial charge in [0.2, 0.25) is 6.79 Å². The molecule has 9 heteroatoms. The number of nitrogens with zero attached hydrogens (tertiary/aromatic N) is 1. The summed E-state index contributed by atoms with van der Waals surface area (Å²) in [6, 6.07) is 7.57. The maximum absolute atomic E-state index is 13.5. The molecule has 194 valence electrons. The van der Waals surface area contributed by atoms with Gasteiger partial charge in [-0.3, -0.25) is 4.90 Å². The Balaban J connectivity index is 1.89. The van der Waals surface area contributed by atoms with E-state index in [0.29, 0.717) is 35.1 Å². The molecule has 0 fully saturated rings. The van der Waals surface area contributed by atoms with Crippen LogP contribution in [0.3, 0.4) is 0 Å². The van der Waals surface area contributed by atoms with Crippen LogP contribution in [0.15, 0.2) is 24.3 Å². The van der Waals surface area contributed by atoms with Gasteiger partial charge in [0.1, 0.15) is 5.60 Å². The maximum Gasteiger partial charge on any atom is 0.415 e. The highest BCUT2D eigenvalue weighted by Crippen LogP contribution is 2.43. The lowest BCUT2D eigenvalue weighted by molar-refractivity contribution is -0.100. The molecule has 4 rings (SSSR count). The van der Waals surface area contributed by atoms with E-state index in [1.165, 1.54) is 0 Å². The molecule has 2 aliphatic heterocycles. The summed E-state index contributed by atoms with van der Waals surface area (Å²) in [4.78, 5) is 15.1. The maximum atomic E-state index is 13.5. The van der Waals surface area contributed by atoms with Gasteiger partial charge in [0.05, 0.1) is 26.5 Å². The molecule has 0 saturated heterocycles. The van der Waals surface area contributed by atoms with Crippen LogP contribution in [0.4, 0.5) is 4.79 Å². The van der Waals surface area contributed by atoms with Crippen LogP contribution in [0.1, 0.15) is 43.0 Å². The third kappa shape index (κ3) is 5.22. The van der Waals surface area contributed by atoms with Gasteiger partial charge in [-0.05, 0) is 67.8 Å². The summed E-state index contributed by atoms with van der Waals surface area (Å²) in [5, 5.41) is 0. The molecule has 0 aliphatic carbocycles. The van der Waals surface area contributed by atoms with Crippen LogP contribution >= 0.6 is 0 Å². The number of hydrogen-bond donors (Lipinski definition) is 0.